The van der Waals surface area contributed by atoms with Crippen molar-refractivity contribution >= 4 is 17.3 Å². The molecule has 1 heterocycles. The Bertz CT molecular complexity index is 328. The lowest BCUT2D eigenvalue weighted by Crippen LogP contribution is -2.13. The Balaban J connectivity index is 2.32. The van der Waals surface area contributed by atoms with Gasteiger partial charge in [0.1, 0.15) is 0 Å². The third-order valence-corrected chi connectivity index (χ3v) is 2.35. The van der Waals surface area contributed by atoms with E-state index in [4.69, 9.17) is 0 Å². The Labute approximate surface area is 79.8 Å². The predicted molar refractivity (Wildman–Crippen MR) is 49.8 cm³/mol. The SMILES string of the molecule is COC(=O)CCCn1ccsc1=O. The quantitative estimate of drug-likeness (QED) is 0.679. The molecule has 0 aromatic carbocycles. The van der Waals surface area contributed by atoms with E-state index in [1.54, 1.807) is 16.1 Å². The average Bonchev–Trinajstić information content (AvgIpc) is 2.52. The number of ether oxygens (including phenoxy) is 1. The summed E-state index contributed by atoms with van der Waals surface area (Å²) in [7, 11) is 1.36. The van der Waals surface area contributed by atoms with Gasteiger partial charge in [-0.3, -0.25) is 9.59 Å². The van der Waals surface area contributed by atoms with E-state index < -0.39 is 0 Å². The van der Waals surface area contributed by atoms with Crippen molar-refractivity contribution in [3.63, 3.8) is 0 Å². The molecule has 0 aliphatic carbocycles. The van der Waals surface area contributed by atoms with Crippen LogP contribution in [0.25, 0.3) is 0 Å². The van der Waals surface area contributed by atoms with Gasteiger partial charge in [-0.05, 0) is 6.42 Å². The molecule has 0 N–H and O–H groups in total. The van der Waals surface area contributed by atoms with E-state index >= 15 is 0 Å². The van der Waals surface area contributed by atoms with Crippen molar-refractivity contribution in [3.05, 3.63) is 21.2 Å². The first-order chi connectivity index (χ1) is 6.24. The molecule has 0 saturated carbocycles. The Morgan fingerprint density at radius 3 is 3.00 bits per heavy atom. The molecule has 5 heteroatoms. The highest BCUT2D eigenvalue weighted by Crippen LogP contribution is 1.96. The number of rotatable bonds is 4. The maximum Gasteiger partial charge on any atom is 0.307 e. The molecule has 4 nitrogen and oxygen atoms in total. The molecule has 0 atom stereocenters. The van der Waals surface area contributed by atoms with E-state index in [-0.39, 0.29) is 10.8 Å². The van der Waals surface area contributed by atoms with Gasteiger partial charge >= 0.3 is 10.8 Å². The summed E-state index contributed by atoms with van der Waals surface area (Å²) in [5.41, 5.74) is 0. The molecule has 1 aromatic rings. The van der Waals surface area contributed by atoms with Gasteiger partial charge in [-0.2, -0.15) is 0 Å². The second-order valence-corrected chi connectivity index (χ2v) is 3.40. The van der Waals surface area contributed by atoms with E-state index in [1.165, 1.54) is 7.11 Å². The summed E-state index contributed by atoms with van der Waals surface area (Å²) in [4.78, 5) is 21.8. The summed E-state index contributed by atoms with van der Waals surface area (Å²) < 4.78 is 6.07. The van der Waals surface area contributed by atoms with Gasteiger partial charge in [0.15, 0.2) is 0 Å². The topological polar surface area (TPSA) is 48.3 Å². The first-order valence-corrected chi connectivity index (χ1v) is 4.83. The van der Waals surface area contributed by atoms with Gasteiger partial charge in [0.2, 0.25) is 0 Å². The van der Waals surface area contributed by atoms with Crippen LogP contribution in [-0.4, -0.2) is 17.6 Å². The predicted octanol–water partition coefficient (Wildman–Crippen LogP) is 0.863. The minimum atomic E-state index is -0.233. The van der Waals surface area contributed by atoms with E-state index in [0.29, 0.717) is 19.4 Å². The van der Waals surface area contributed by atoms with Crippen LogP contribution in [-0.2, 0) is 16.1 Å². The van der Waals surface area contributed by atoms with Crippen LogP contribution < -0.4 is 4.87 Å². The van der Waals surface area contributed by atoms with Crippen molar-refractivity contribution in [2.45, 2.75) is 19.4 Å². The average molecular weight is 201 g/mol. The zero-order valence-electron chi connectivity index (χ0n) is 7.36. The highest BCUT2D eigenvalue weighted by molar-refractivity contribution is 7.07. The number of carbonyl (C=O) groups excluding carboxylic acids is 1. The maximum atomic E-state index is 11.0. The monoisotopic (exact) mass is 201 g/mol. The summed E-state index contributed by atoms with van der Waals surface area (Å²) >= 11 is 1.16. The minimum absolute atomic E-state index is 0.0184. The number of thiazole rings is 1. The highest BCUT2D eigenvalue weighted by atomic mass is 32.1. The molecule has 0 aliphatic rings. The Hall–Kier alpha value is -1.10. The molecule has 0 fully saturated rings. The van der Waals surface area contributed by atoms with Crippen molar-refractivity contribution < 1.29 is 9.53 Å². The number of aromatic nitrogens is 1. The molecule has 0 radical (unpaired) electrons. The number of esters is 1. The van der Waals surface area contributed by atoms with Gasteiger partial charge < -0.3 is 9.30 Å². The van der Waals surface area contributed by atoms with Gasteiger partial charge in [-0.25, -0.2) is 0 Å². The molecule has 0 amide bonds. The number of hydrogen-bond donors (Lipinski definition) is 0. The minimum Gasteiger partial charge on any atom is -0.469 e. The molecule has 0 bridgehead atoms. The van der Waals surface area contributed by atoms with Gasteiger partial charge in [0.25, 0.3) is 0 Å². The van der Waals surface area contributed by atoms with Crippen molar-refractivity contribution in [3.8, 4) is 0 Å². The first-order valence-electron chi connectivity index (χ1n) is 3.95. The smallest absolute Gasteiger partial charge is 0.307 e. The van der Waals surface area contributed by atoms with Crippen molar-refractivity contribution in [1.29, 1.82) is 0 Å². The van der Waals surface area contributed by atoms with Gasteiger partial charge in [0.05, 0.1) is 7.11 Å². The largest absolute Gasteiger partial charge is 0.469 e. The molecule has 0 saturated heterocycles. The maximum absolute atomic E-state index is 11.0. The molecule has 1 aromatic heterocycles. The summed E-state index contributed by atoms with van der Waals surface area (Å²) in [6.45, 7) is 0.581. The Morgan fingerprint density at radius 1 is 1.69 bits per heavy atom. The third kappa shape index (κ3) is 3.02. The van der Waals surface area contributed by atoms with Crippen LogP contribution in [0, 0.1) is 0 Å². The summed E-state index contributed by atoms with van der Waals surface area (Å²) in [5.74, 6) is -0.233. The lowest BCUT2D eigenvalue weighted by atomic mass is 10.3. The number of methoxy groups -OCH3 is 1. The molecule has 0 spiro atoms. The second-order valence-electron chi connectivity index (χ2n) is 2.54. The molecule has 0 aliphatic heterocycles. The normalized spacial score (nSPS) is 9.92. The fourth-order valence-electron chi connectivity index (χ4n) is 0.952. The van der Waals surface area contributed by atoms with E-state index in [1.807, 2.05) is 0 Å². The lowest BCUT2D eigenvalue weighted by molar-refractivity contribution is -0.140. The van der Waals surface area contributed by atoms with Crippen LogP contribution in [0.5, 0.6) is 0 Å². The fourth-order valence-corrected chi connectivity index (χ4v) is 1.56. The number of hydrogen-bond acceptors (Lipinski definition) is 4. The van der Waals surface area contributed by atoms with Crippen LogP contribution in [0.2, 0.25) is 0 Å². The zero-order chi connectivity index (χ0) is 9.68. The molecular weight excluding hydrogens is 190 g/mol. The number of nitrogens with zero attached hydrogens (tertiary/aromatic N) is 1. The summed E-state index contributed by atoms with van der Waals surface area (Å²) in [6.07, 6.45) is 2.73. The Morgan fingerprint density at radius 2 is 2.46 bits per heavy atom. The second kappa shape index (κ2) is 4.81. The highest BCUT2D eigenvalue weighted by Gasteiger charge is 2.01. The van der Waals surface area contributed by atoms with Gasteiger partial charge in [0, 0.05) is 24.5 Å². The van der Waals surface area contributed by atoms with Crippen molar-refractivity contribution in [2.75, 3.05) is 7.11 Å². The Kier molecular flexibility index (Phi) is 3.70. The van der Waals surface area contributed by atoms with Crippen LogP contribution in [0.1, 0.15) is 12.8 Å². The molecule has 0 unspecified atom stereocenters. The standard InChI is InChI=1S/C8H11NO3S/c1-12-7(10)3-2-4-9-5-6-13-8(9)11/h5-6H,2-4H2,1H3. The molecular formula is C8H11NO3S. The molecule has 72 valence electrons. The van der Waals surface area contributed by atoms with Crippen molar-refractivity contribution in [2.24, 2.45) is 0 Å². The first kappa shape index (κ1) is 9.98. The fraction of sp³-hybridized carbons (Fsp3) is 0.500. The summed E-state index contributed by atoms with van der Waals surface area (Å²) in [5, 5.41) is 1.74. The molecule has 13 heavy (non-hydrogen) atoms. The lowest BCUT2D eigenvalue weighted by Gasteiger charge is -1.99. The molecule has 1 rings (SSSR count). The number of aryl methyl sites for hydroxylation is 1. The summed E-state index contributed by atoms with van der Waals surface area (Å²) in [6, 6.07) is 0. The van der Waals surface area contributed by atoms with E-state index in [2.05, 4.69) is 4.74 Å². The zero-order valence-corrected chi connectivity index (χ0v) is 8.17. The van der Waals surface area contributed by atoms with Crippen LogP contribution >= 0.6 is 11.3 Å². The van der Waals surface area contributed by atoms with E-state index in [0.717, 1.165) is 11.3 Å². The van der Waals surface area contributed by atoms with Gasteiger partial charge in [-0.1, -0.05) is 11.3 Å². The van der Waals surface area contributed by atoms with Crippen LogP contribution in [0.15, 0.2) is 16.4 Å². The third-order valence-electron chi connectivity index (χ3n) is 1.65. The van der Waals surface area contributed by atoms with Crippen LogP contribution in [0.4, 0.5) is 0 Å². The van der Waals surface area contributed by atoms with Gasteiger partial charge in [-0.15, -0.1) is 0 Å². The van der Waals surface area contributed by atoms with Crippen LogP contribution in [0.3, 0.4) is 0 Å². The van der Waals surface area contributed by atoms with Crippen molar-refractivity contribution in [1.82, 2.24) is 4.57 Å². The number of carbonyl (C=O) groups is 1. The van der Waals surface area contributed by atoms with E-state index in [9.17, 15) is 9.59 Å².